The summed E-state index contributed by atoms with van der Waals surface area (Å²) in [6, 6.07) is 16.0. The van der Waals surface area contributed by atoms with E-state index in [-0.39, 0.29) is 18.4 Å². The zero-order chi connectivity index (χ0) is 15.8. The first-order valence-electron chi connectivity index (χ1n) is 6.85. The second kappa shape index (κ2) is 7.65. The monoisotopic (exact) mass is 292 g/mol. The van der Waals surface area contributed by atoms with Crippen LogP contribution in [0.2, 0.25) is 0 Å². The molecule has 110 valence electrons. The van der Waals surface area contributed by atoms with Gasteiger partial charge in [-0.25, -0.2) is 0 Å². The summed E-state index contributed by atoms with van der Waals surface area (Å²) in [4.78, 5) is 23.5. The number of hydrogen-bond acceptors (Lipinski definition) is 2. The molecule has 0 spiro atoms. The highest BCUT2D eigenvalue weighted by molar-refractivity contribution is 5.96. The zero-order valence-corrected chi connectivity index (χ0v) is 12.2. The van der Waals surface area contributed by atoms with E-state index in [1.54, 1.807) is 49.5 Å². The van der Waals surface area contributed by atoms with Crippen molar-refractivity contribution in [2.45, 2.75) is 0 Å². The van der Waals surface area contributed by atoms with Crippen LogP contribution in [-0.2, 0) is 0 Å². The second-order valence-corrected chi connectivity index (χ2v) is 4.48. The van der Waals surface area contributed by atoms with Gasteiger partial charge in [0.15, 0.2) is 0 Å². The van der Waals surface area contributed by atoms with Gasteiger partial charge in [0.05, 0.1) is 12.1 Å². The molecule has 0 bridgehead atoms. The molecular formula is C18H16N2O2. The third-order valence-electron chi connectivity index (χ3n) is 3.00. The maximum Gasteiger partial charge on any atom is 0.252 e. The van der Waals surface area contributed by atoms with Crippen molar-refractivity contribution in [3.8, 4) is 11.8 Å². The molecule has 0 radical (unpaired) electrons. The van der Waals surface area contributed by atoms with Gasteiger partial charge in [-0.15, -0.1) is 0 Å². The molecule has 0 saturated carbocycles. The summed E-state index contributed by atoms with van der Waals surface area (Å²) >= 11 is 0. The summed E-state index contributed by atoms with van der Waals surface area (Å²) in [5.41, 5.74) is 1.75. The van der Waals surface area contributed by atoms with E-state index in [0.717, 1.165) is 0 Å². The number of nitrogens with one attached hydrogen (secondary N) is 2. The van der Waals surface area contributed by atoms with Crippen LogP contribution in [0.25, 0.3) is 0 Å². The molecule has 2 aromatic rings. The third-order valence-corrected chi connectivity index (χ3v) is 3.00. The fourth-order valence-corrected chi connectivity index (χ4v) is 1.88. The fourth-order valence-electron chi connectivity index (χ4n) is 1.88. The maximum atomic E-state index is 11.8. The van der Waals surface area contributed by atoms with Crippen LogP contribution in [0, 0.1) is 11.8 Å². The molecule has 0 aliphatic carbocycles. The molecular weight excluding hydrogens is 276 g/mol. The zero-order valence-electron chi connectivity index (χ0n) is 12.2. The Morgan fingerprint density at radius 2 is 1.64 bits per heavy atom. The Bertz CT molecular complexity index is 727. The van der Waals surface area contributed by atoms with Crippen molar-refractivity contribution in [2.75, 3.05) is 13.6 Å². The molecule has 0 aromatic heterocycles. The van der Waals surface area contributed by atoms with E-state index in [9.17, 15) is 9.59 Å². The van der Waals surface area contributed by atoms with E-state index in [1.165, 1.54) is 0 Å². The van der Waals surface area contributed by atoms with E-state index in [2.05, 4.69) is 22.5 Å². The molecule has 0 unspecified atom stereocenters. The normalized spacial score (nSPS) is 9.32. The Kier molecular flexibility index (Phi) is 5.33. The number of amides is 2. The number of carbonyl (C=O) groups excluding carboxylic acids is 2. The van der Waals surface area contributed by atoms with Gasteiger partial charge in [0.2, 0.25) is 0 Å². The van der Waals surface area contributed by atoms with Crippen molar-refractivity contribution in [2.24, 2.45) is 0 Å². The summed E-state index contributed by atoms with van der Waals surface area (Å²) in [6.45, 7) is 0.218. The highest BCUT2D eigenvalue weighted by atomic mass is 16.2. The van der Waals surface area contributed by atoms with Crippen molar-refractivity contribution >= 4 is 11.8 Å². The Morgan fingerprint density at radius 1 is 0.955 bits per heavy atom. The highest BCUT2D eigenvalue weighted by Crippen LogP contribution is 2.06. The number of benzene rings is 2. The van der Waals surface area contributed by atoms with Gasteiger partial charge in [-0.2, -0.15) is 0 Å². The van der Waals surface area contributed by atoms with Gasteiger partial charge in [0.1, 0.15) is 0 Å². The predicted molar refractivity (Wildman–Crippen MR) is 85.5 cm³/mol. The molecule has 4 nitrogen and oxygen atoms in total. The van der Waals surface area contributed by atoms with Crippen LogP contribution in [0.5, 0.6) is 0 Å². The number of hydrogen-bond donors (Lipinski definition) is 2. The standard InChI is InChI=1S/C18H16N2O2/c1-19-18(22)16-12-6-5-8-14(16)11-7-13-20-17(21)15-9-3-2-4-10-15/h2-6,8-10,12H,13H2,1H3,(H,19,22)(H,20,21). The Morgan fingerprint density at radius 3 is 2.36 bits per heavy atom. The minimum atomic E-state index is -0.182. The summed E-state index contributed by atoms with van der Waals surface area (Å²) in [6.07, 6.45) is 0. The molecule has 0 saturated heterocycles. The molecule has 2 rings (SSSR count). The van der Waals surface area contributed by atoms with Crippen LogP contribution in [0.1, 0.15) is 26.3 Å². The lowest BCUT2D eigenvalue weighted by Gasteiger charge is -2.02. The van der Waals surface area contributed by atoms with Crippen LogP contribution in [0.4, 0.5) is 0 Å². The van der Waals surface area contributed by atoms with E-state index < -0.39 is 0 Å². The lowest BCUT2D eigenvalue weighted by molar-refractivity contribution is 0.0952. The number of rotatable bonds is 3. The maximum absolute atomic E-state index is 11.8. The van der Waals surface area contributed by atoms with E-state index in [4.69, 9.17) is 0 Å². The minimum absolute atomic E-state index is 0.172. The first-order chi connectivity index (χ1) is 10.7. The Labute approximate surface area is 129 Å². The molecule has 0 aliphatic rings. The molecule has 0 heterocycles. The van der Waals surface area contributed by atoms with Crippen molar-refractivity contribution in [1.82, 2.24) is 10.6 Å². The number of carbonyl (C=O) groups is 2. The second-order valence-electron chi connectivity index (χ2n) is 4.48. The largest absolute Gasteiger partial charge is 0.355 e. The van der Waals surface area contributed by atoms with Crippen molar-refractivity contribution in [3.63, 3.8) is 0 Å². The SMILES string of the molecule is CNC(=O)c1ccccc1C#CCNC(=O)c1ccccc1. The highest BCUT2D eigenvalue weighted by Gasteiger charge is 2.06. The Hall–Kier alpha value is -3.06. The molecule has 4 heteroatoms. The minimum Gasteiger partial charge on any atom is -0.355 e. The lowest BCUT2D eigenvalue weighted by Crippen LogP contribution is -2.23. The average molecular weight is 292 g/mol. The third kappa shape index (κ3) is 3.97. The summed E-state index contributed by atoms with van der Waals surface area (Å²) in [5.74, 6) is 5.42. The first kappa shape index (κ1) is 15.3. The van der Waals surface area contributed by atoms with Gasteiger partial charge in [0.25, 0.3) is 11.8 Å². The topological polar surface area (TPSA) is 58.2 Å². The molecule has 0 aliphatic heterocycles. The summed E-state index contributed by atoms with van der Waals surface area (Å²) in [7, 11) is 1.58. The van der Waals surface area contributed by atoms with Crippen molar-refractivity contribution in [3.05, 3.63) is 71.3 Å². The molecule has 0 fully saturated rings. The Balaban J connectivity index is 2.00. The van der Waals surface area contributed by atoms with Crippen LogP contribution < -0.4 is 10.6 Å². The molecule has 2 amide bonds. The van der Waals surface area contributed by atoms with Gasteiger partial charge in [0, 0.05) is 18.2 Å². The lowest BCUT2D eigenvalue weighted by atomic mass is 10.1. The van der Waals surface area contributed by atoms with Crippen LogP contribution in [0.3, 0.4) is 0 Å². The van der Waals surface area contributed by atoms with Crippen LogP contribution in [0.15, 0.2) is 54.6 Å². The molecule has 2 N–H and O–H groups in total. The van der Waals surface area contributed by atoms with Crippen LogP contribution >= 0.6 is 0 Å². The quantitative estimate of drug-likeness (QED) is 0.848. The van der Waals surface area contributed by atoms with E-state index in [0.29, 0.717) is 16.7 Å². The summed E-state index contributed by atoms with van der Waals surface area (Å²) < 4.78 is 0. The average Bonchev–Trinajstić information content (AvgIpc) is 2.59. The molecule has 22 heavy (non-hydrogen) atoms. The molecule has 0 atom stereocenters. The summed E-state index contributed by atoms with van der Waals surface area (Å²) in [5, 5.41) is 5.29. The predicted octanol–water partition coefficient (Wildman–Crippen LogP) is 1.83. The van der Waals surface area contributed by atoms with Gasteiger partial charge >= 0.3 is 0 Å². The first-order valence-corrected chi connectivity index (χ1v) is 6.85. The van der Waals surface area contributed by atoms with Gasteiger partial charge in [-0.1, -0.05) is 42.2 Å². The van der Waals surface area contributed by atoms with Gasteiger partial charge in [-0.3, -0.25) is 9.59 Å². The fraction of sp³-hybridized carbons (Fsp3) is 0.111. The molecule has 2 aromatic carbocycles. The van der Waals surface area contributed by atoms with Gasteiger partial charge in [-0.05, 0) is 24.3 Å². The smallest absolute Gasteiger partial charge is 0.252 e. The van der Waals surface area contributed by atoms with Gasteiger partial charge < -0.3 is 10.6 Å². The van der Waals surface area contributed by atoms with E-state index in [1.807, 2.05) is 12.1 Å². The van der Waals surface area contributed by atoms with Crippen molar-refractivity contribution in [1.29, 1.82) is 0 Å². The van der Waals surface area contributed by atoms with Crippen molar-refractivity contribution < 1.29 is 9.59 Å². The van der Waals surface area contributed by atoms with E-state index >= 15 is 0 Å². The van der Waals surface area contributed by atoms with Crippen LogP contribution in [-0.4, -0.2) is 25.4 Å².